The van der Waals surface area contributed by atoms with Crippen LogP contribution in [0.2, 0.25) is 0 Å². The largest absolute Gasteiger partial charge is 0.489 e. The van der Waals surface area contributed by atoms with Crippen LogP contribution in [0.4, 0.5) is 0 Å². The summed E-state index contributed by atoms with van der Waals surface area (Å²) in [6.45, 7) is 4.08. The molecule has 6 heteroatoms. The first kappa shape index (κ1) is 23.6. The molecule has 6 rings (SSSR count). The van der Waals surface area contributed by atoms with Crippen molar-refractivity contribution in [2.45, 2.75) is 45.8 Å². The fraction of sp³-hybridized carbons (Fsp3) is 0.355. The van der Waals surface area contributed by atoms with Gasteiger partial charge in [0.2, 0.25) is 5.91 Å². The van der Waals surface area contributed by atoms with E-state index >= 15 is 0 Å². The van der Waals surface area contributed by atoms with Crippen LogP contribution in [0.5, 0.6) is 5.75 Å². The van der Waals surface area contributed by atoms with Crippen LogP contribution >= 0.6 is 0 Å². The number of rotatable bonds is 5. The second-order valence-electron chi connectivity index (χ2n) is 10.6. The van der Waals surface area contributed by atoms with Crippen LogP contribution in [0, 0.1) is 11.8 Å². The maximum Gasteiger partial charge on any atom is 0.258 e. The van der Waals surface area contributed by atoms with E-state index in [4.69, 9.17) is 4.74 Å². The molecule has 3 heterocycles. The Hall–Kier alpha value is -3.80. The lowest BCUT2D eigenvalue weighted by atomic mass is 9.95. The maximum absolute atomic E-state index is 13.3. The summed E-state index contributed by atoms with van der Waals surface area (Å²) in [5, 5.41) is 1.16. The molecule has 2 aromatic carbocycles. The molecule has 4 aromatic rings. The van der Waals surface area contributed by atoms with E-state index in [-0.39, 0.29) is 11.5 Å². The van der Waals surface area contributed by atoms with Gasteiger partial charge in [-0.05, 0) is 42.5 Å². The van der Waals surface area contributed by atoms with Crippen molar-refractivity contribution >= 4 is 16.8 Å². The molecule has 1 aliphatic heterocycles. The molecule has 0 bridgehead atoms. The minimum absolute atomic E-state index is 0.133. The standard InChI is InChI=1S/C31H33N3O3/c1-21-7-6-10-25(21)31(36)33-15-14-28-27(19-33)26-12-11-23(17-29(26)32(28)2)34-16-13-24(18-30(34)35)37-20-22-8-4-3-5-9-22/h3-5,8-9,11-13,16-18,21,25H,6-7,10,14-15,19-20H2,1-2H3/t21?,25-/m1/s1. The average molecular weight is 496 g/mol. The highest BCUT2D eigenvalue weighted by Gasteiger charge is 2.35. The first-order valence-corrected chi connectivity index (χ1v) is 13.3. The summed E-state index contributed by atoms with van der Waals surface area (Å²) in [5.41, 5.74) is 5.35. The van der Waals surface area contributed by atoms with Gasteiger partial charge in [0, 0.05) is 61.4 Å². The number of hydrogen-bond donors (Lipinski definition) is 0. The Morgan fingerprint density at radius 3 is 2.65 bits per heavy atom. The minimum atomic E-state index is -0.133. The molecule has 2 atom stereocenters. The van der Waals surface area contributed by atoms with Crippen molar-refractivity contribution in [1.82, 2.24) is 14.0 Å². The van der Waals surface area contributed by atoms with Gasteiger partial charge in [0.1, 0.15) is 12.4 Å². The molecule has 2 aromatic heterocycles. The number of benzene rings is 2. The molecular formula is C31H33N3O3. The molecule has 1 fully saturated rings. The van der Waals surface area contributed by atoms with Crippen LogP contribution in [0.15, 0.2) is 71.7 Å². The monoisotopic (exact) mass is 495 g/mol. The molecule has 0 spiro atoms. The first-order chi connectivity index (χ1) is 18.0. The Bertz CT molecular complexity index is 1520. The SMILES string of the molecule is CC1CCC[C@H]1C(=O)N1CCc2c(c3ccc(-n4ccc(OCc5ccccc5)cc4=O)cc3n2C)C1. The molecule has 1 unspecified atom stereocenters. The van der Waals surface area contributed by atoms with Gasteiger partial charge in [-0.2, -0.15) is 0 Å². The van der Waals surface area contributed by atoms with Crippen molar-refractivity contribution in [2.24, 2.45) is 18.9 Å². The van der Waals surface area contributed by atoms with E-state index in [0.29, 0.717) is 30.7 Å². The number of aryl methyl sites for hydroxylation is 1. The number of pyridine rings is 1. The number of amides is 1. The minimum Gasteiger partial charge on any atom is -0.489 e. The molecule has 1 saturated carbocycles. The topological polar surface area (TPSA) is 56.5 Å². The molecule has 0 saturated heterocycles. The van der Waals surface area contributed by atoms with Gasteiger partial charge in [0.05, 0.1) is 11.2 Å². The number of carbonyl (C=O) groups is 1. The van der Waals surface area contributed by atoms with Crippen LogP contribution in [0.1, 0.15) is 43.0 Å². The number of aromatic nitrogens is 2. The van der Waals surface area contributed by atoms with Gasteiger partial charge in [-0.3, -0.25) is 14.2 Å². The van der Waals surface area contributed by atoms with Crippen molar-refractivity contribution in [2.75, 3.05) is 6.54 Å². The highest BCUT2D eigenvalue weighted by Crippen LogP contribution is 2.36. The Balaban J connectivity index is 1.25. The smallest absolute Gasteiger partial charge is 0.258 e. The van der Waals surface area contributed by atoms with E-state index in [9.17, 15) is 9.59 Å². The van der Waals surface area contributed by atoms with E-state index < -0.39 is 0 Å². The van der Waals surface area contributed by atoms with Crippen molar-refractivity contribution < 1.29 is 9.53 Å². The third kappa shape index (κ3) is 4.35. The predicted octanol–water partition coefficient (Wildman–Crippen LogP) is 5.23. The van der Waals surface area contributed by atoms with Crippen molar-refractivity contribution in [3.63, 3.8) is 0 Å². The molecule has 2 aliphatic rings. The first-order valence-electron chi connectivity index (χ1n) is 13.3. The van der Waals surface area contributed by atoms with E-state index in [1.54, 1.807) is 10.8 Å². The van der Waals surface area contributed by atoms with Gasteiger partial charge in [-0.25, -0.2) is 0 Å². The van der Waals surface area contributed by atoms with Gasteiger partial charge in [-0.1, -0.05) is 49.7 Å². The summed E-state index contributed by atoms with van der Waals surface area (Å²) in [7, 11) is 2.09. The highest BCUT2D eigenvalue weighted by molar-refractivity contribution is 5.88. The molecule has 0 N–H and O–H groups in total. The van der Waals surface area contributed by atoms with Gasteiger partial charge in [-0.15, -0.1) is 0 Å². The van der Waals surface area contributed by atoms with Crippen molar-refractivity contribution in [3.05, 3.63) is 94.0 Å². The van der Waals surface area contributed by atoms with Crippen LogP contribution in [0.3, 0.4) is 0 Å². The van der Waals surface area contributed by atoms with Gasteiger partial charge < -0.3 is 14.2 Å². The molecular weight excluding hydrogens is 462 g/mol. The normalized spacial score (nSPS) is 19.2. The Kier molecular flexibility index (Phi) is 6.11. The van der Waals surface area contributed by atoms with Crippen LogP contribution in [0.25, 0.3) is 16.6 Å². The van der Waals surface area contributed by atoms with E-state index in [1.807, 2.05) is 42.5 Å². The number of nitrogens with zero attached hydrogens (tertiary/aromatic N) is 3. The van der Waals surface area contributed by atoms with Crippen molar-refractivity contribution in [3.8, 4) is 11.4 Å². The van der Waals surface area contributed by atoms with Crippen LogP contribution in [-0.2, 0) is 31.4 Å². The summed E-state index contributed by atoms with van der Waals surface area (Å²) >= 11 is 0. The number of hydrogen-bond acceptors (Lipinski definition) is 3. The van der Waals surface area contributed by atoms with Crippen LogP contribution < -0.4 is 10.3 Å². The zero-order valence-electron chi connectivity index (χ0n) is 21.5. The van der Waals surface area contributed by atoms with E-state index in [1.165, 1.54) is 17.3 Å². The van der Waals surface area contributed by atoms with Crippen molar-refractivity contribution in [1.29, 1.82) is 0 Å². The number of ether oxygens (including phenoxy) is 1. The van der Waals surface area contributed by atoms with Gasteiger partial charge in [0.25, 0.3) is 5.56 Å². The molecule has 1 amide bonds. The number of carbonyl (C=O) groups excluding carboxylic acids is 1. The third-order valence-corrected chi connectivity index (χ3v) is 8.30. The van der Waals surface area contributed by atoms with Gasteiger partial charge in [0.15, 0.2) is 0 Å². The summed E-state index contributed by atoms with van der Waals surface area (Å²) in [6.07, 6.45) is 5.97. The molecule has 37 heavy (non-hydrogen) atoms. The predicted molar refractivity (Wildman–Crippen MR) is 145 cm³/mol. The summed E-state index contributed by atoms with van der Waals surface area (Å²) in [6, 6.07) is 19.5. The Labute approximate surface area is 217 Å². The van der Waals surface area contributed by atoms with E-state index in [2.05, 4.69) is 35.6 Å². The van der Waals surface area contributed by atoms with Gasteiger partial charge >= 0.3 is 0 Å². The highest BCUT2D eigenvalue weighted by atomic mass is 16.5. The summed E-state index contributed by atoms with van der Waals surface area (Å²) in [4.78, 5) is 28.3. The fourth-order valence-electron chi connectivity index (χ4n) is 6.15. The Morgan fingerprint density at radius 2 is 1.89 bits per heavy atom. The lowest BCUT2D eigenvalue weighted by molar-refractivity contribution is -0.137. The van der Waals surface area contributed by atoms with Crippen LogP contribution in [-0.4, -0.2) is 26.5 Å². The number of fused-ring (bicyclic) bond motifs is 3. The lowest BCUT2D eigenvalue weighted by Crippen LogP contribution is -2.40. The molecule has 6 nitrogen and oxygen atoms in total. The fourth-order valence-corrected chi connectivity index (χ4v) is 6.15. The maximum atomic E-state index is 13.3. The lowest BCUT2D eigenvalue weighted by Gasteiger charge is -2.31. The quantitative estimate of drug-likeness (QED) is 0.381. The molecule has 0 radical (unpaired) electrons. The summed E-state index contributed by atoms with van der Waals surface area (Å²) in [5.74, 6) is 1.54. The molecule has 190 valence electrons. The zero-order chi connectivity index (χ0) is 25.5. The Morgan fingerprint density at radius 1 is 1.05 bits per heavy atom. The second-order valence-corrected chi connectivity index (χ2v) is 10.6. The zero-order valence-corrected chi connectivity index (χ0v) is 21.5. The summed E-state index contributed by atoms with van der Waals surface area (Å²) < 4.78 is 9.71. The molecule has 1 aliphatic carbocycles. The van der Waals surface area contributed by atoms with E-state index in [0.717, 1.165) is 54.4 Å². The average Bonchev–Trinajstić information content (AvgIpc) is 3.48. The second kappa shape index (κ2) is 9.58. The third-order valence-electron chi connectivity index (χ3n) is 8.30.